The van der Waals surface area contributed by atoms with Crippen molar-refractivity contribution in [3.8, 4) is 17.2 Å². The Morgan fingerprint density at radius 1 is 1.06 bits per heavy atom. The van der Waals surface area contributed by atoms with E-state index in [2.05, 4.69) is 6.92 Å². The van der Waals surface area contributed by atoms with Crippen LogP contribution in [0.15, 0.2) is 18.2 Å². The molecule has 0 bridgehead atoms. The molecule has 3 N–H and O–H groups in total. The second kappa shape index (κ2) is 3.80. The van der Waals surface area contributed by atoms with Gasteiger partial charge in [0.05, 0.1) is 5.39 Å². The summed E-state index contributed by atoms with van der Waals surface area (Å²) in [6, 6.07) is 4.93. The maximum Gasteiger partial charge on any atom is 0.130 e. The third-order valence-corrected chi connectivity index (χ3v) is 3.91. The maximum absolute atomic E-state index is 10.3. The van der Waals surface area contributed by atoms with Crippen molar-refractivity contribution in [3.63, 3.8) is 0 Å². The summed E-state index contributed by atoms with van der Waals surface area (Å²) in [4.78, 5) is 0. The second-order valence-corrected chi connectivity index (χ2v) is 5.20. The first-order valence-electron chi connectivity index (χ1n) is 6.27. The molecule has 3 rings (SSSR count). The van der Waals surface area contributed by atoms with Gasteiger partial charge in [-0.3, -0.25) is 0 Å². The normalized spacial score (nSPS) is 18.8. The summed E-state index contributed by atoms with van der Waals surface area (Å²) >= 11 is 0. The second-order valence-electron chi connectivity index (χ2n) is 5.20. The van der Waals surface area contributed by atoms with Crippen LogP contribution in [0.5, 0.6) is 17.2 Å². The van der Waals surface area contributed by atoms with Crippen LogP contribution in [0.25, 0.3) is 10.8 Å². The molecule has 0 aromatic heterocycles. The zero-order valence-corrected chi connectivity index (χ0v) is 10.3. The zero-order valence-electron chi connectivity index (χ0n) is 10.3. The minimum absolute atomic E-state index is 0.0155. The Hall–Kier alpha value is -1.90. The lowest BCUT2D eigenvalue weighted by Gasteiger charge is -2.24. The van der Waals surface area contributed by atoms with Crippen LogP contribution in [-0.2, 0) is 12.8 Å². The lowest BCUT2D eigenvalue weighted by Crippen LogP contribution is -2.12. The van der Waals surface area contributed by atoms with Crippen LogP contribution in [0.4, 0.5) is 0 Å². The molecule has 0 radical (unpaired) electrons. The van der Waals surface area contributed by atoms with Gasteiger partial charge >= 0.3 is 0 Å². The Labute approximate surface area is 105 Å². The van der Waals surface area contributed by atoms with Crippen molar-refractivity contribution in [2.75, 3.05) is 0 Å². The number of benzene rings is 2. The van der Waals surface area contributed by atoms with Crippen LogP contribution in [0.2, 0.25) is 0 Å². The third kappa shape index (κ3) is 1.43. The van der Waals surface area contributed by atoms with Gasteiger partial charge in [-0.2, -0.15) is 0 Å². The average Bonchev–Trinajstić information content (AvgIpc) is 2.35. The van der Waals surface area contributed by atoms with Gasteiger partial charge in [0.1, 0.15) is 17.2 Å². The Kier molecular flexibility index (Phi) is 2.37. The van der Waals surface area contributed by atoms with Crippen molar-refractivity contribution in [1.82, 2.24) is 0 Å². The molecule has 0 saturated carbocycles. The molecule has 3 nitrogen and oxygen atoms in total. The highest BCUT2D eigenvalue weighted by molar-refractivity contribution is 5.99. The first kappa shape index (κ1) is 11.2. The van der Waals surface area contributed by atoms with Crippen LogP contribution >= 0.6 is 0 Å². The van der Waals surface area contributed by atoms with Gasteiger partial charge in [-0.1, -0.05) is 19.1 Å². The molecule has 0 spiro atoms. The molecule has 2 aromatic carbocycles. The Morgan fingerprint density at radius 2 is 1.83 bits per heavy atom. The smallest absolute Gasteiger partial charge is 0.130 e. The minimum Gasteiger partial charge on any atom is -0.507 e. The highest BCUT2D eigenvalue weighted by Gasteiger charge is 2.25. The quantitative estimate of drug-likeness (QED) is 0.624. The summed E-state index contributed by atoms with van der Waals surface area (Å²) in [6.45, 7) is 2.14. The zero-order chi connectivity index (χ0) is 12.9. The fourth-order valence-corrected chi connectivity index (χ4v) is 2.92. The molecule has 0 fully saturated rings. The Bertz CT molecular complexity index is 631. The van der Waals surface area contributed by atoms with Crippen molar-refractivity contribution in [2.24, 2.45) is 5.92 Å². The van der Waals surface area contributed by atoms with Crippen LogP contribution in [0.1, 0.15) is 24.5 Å². The minimum atomic E-state index is 0.0155. The number of rotatable bonds is 0. The first-order chi connectivity index (χ1) is 8.59. The molecule has 1 unspecified atom stereocenters. The molecule has 0 aliphatic heterocycles. The number of hydrogen-bond donors (Lipinski definition) is 3. The van der Waals surface area contributed by atoms with Gasteiger partial charge in [0.15, 0.2) is 0 Å². The number of hydrogen-bond acceptors (Lipinski definition) is 3. The third-order valence-electron chi connectivity index (χ3n) is 3.91. The van der Waals surface area contributed by atoms with Crippen molar-refractivity contribution in [3.05, 3.63) is 29.3 Å². The fraction of sp³-hybridized carbons (Fsp3) is 0.333. The lowest BCUT2D eigenvalue weighted by atomic mass is 9.82. The molecule has 94 valence electrons. The molecular formula is C15H16O3. The van der Waals surface area contributed by atoms with E-state index >= 15 is 0 Å². The predicted octanol–water partition coefficient (Wildman–Crippen LogP) is 3.08. The maximum atomic E-state index is 10.3. The van der Waals surface area contributed by atoms with E-state index in [4.69, 9.17) is 0 Å². The Balaban J connectivity index is 2.41. The Morgan fingerprint density at radius 3 is 2.61 bits per heavy atom. The van der Waals surface area contributed by atoms with E-state index in [0.717, 1.165) is 30.4 Å². The van der Waals surface area contributed by atoms with Crippen LogP contribution in [0, 0.1) is 5.92 Å². The molecule has 18 heavy (non-hydrogen) atoms. The van der Waals surface area contributed by atoms with Gasteiger partial charge in [-0.15, -0.1) is 0 Å². The largest absolute Gasteiger partial charge is 0.507 e. The van der Waals surface area contributed by atoms with Crippen molar-refractivity contribution >= 4 is 10.8 Å². The van der Waals surface area contributed by atoms with E-state index in [0.29, 0.717) is 16.7 Å². The van der Waals surface area contributed by atoms with Gasteiger partial charge in [-0.25, -0.2) is 0 Å². The number of fused-ring (bicyclic) bond motifs is 2. The molecule has 0 saturated heterocycles. The van der Waals surface area contributed by atoms with Crippen molar-refractivity contribution in [2.45, 2.75) is 26.2 Å². The molecule has 1 atom stereocenters. The molecule has 1 aliphatic rings. The standard InChI is InChI=1S/C15H16O3/c1-8-5-6-9-11(7-8)14(17)10-3-2-4-12(16)13(10)15(9)18/h2-4,8,16-18H,5-7H2,1H3. The highest BCUT2D eigenvalue weighted by Crippen LogP contribution is 2.46. The lowest BCUT2D eigenvalue weighted by molar-refractivity contribution is 0.421. The molecule has 0 amide bonds. The van der Waals surface area contributed by atoms with Crippen molar-refractivity contribution < 1.29 is 15.3 Å². The van der Waals surface area contributed by atoms with Gasteiger partial charge in [0.2, 0.25) is 0 Å². The van der Waals surface area contributed by atoms with E-state index in [9.17, 15) is 15.3 Å². The van der Waals surface area contributed by atoms with E-state index < -0.39 is 0 Å². The van der Waals surface area contributed by atoms with E-state index in [1.807, 2.05) is 0 Å². The van der Waals surface area contributed by atoms with Crippen LogP contribution in [-0.4, -0.2) is 15.3 Å². The molecular weight excluding hydrogens is 228 g/mol. The summed E-state index contributed by atoms with van der Waals surface area (Å²) in [7, 11) is 0. The van der Waals surface area contributed by atoms with Crippen LogP contribution in [0.3, 0.4) is 0 Å². The summed E-state index contributed by atoms with van der Waals surface area (Å²) in [5, 5.41) is 31.4. The first-order valence-corrected chi connectivity index (χ1v) is 6.27. The predicted molar refractivity (Wildman–Crippen MR) is 70.1 cm³/mol. The molecule has 1 aliphatic carbocycles. The van der Waals surface area contributed by atoms with Gasteiger partial charge < -0.3 is 15.3 Å². The van der Waals surface area contributed by atoms with E-state index in [1.165, 1.54) is 6.07 Å². The SMILES string of the molecule is CC1CCc2c(c(O)c3cccc(O)c3c2O)C1. The van der Waals surface area contributed by atoms with Gasteiger partial charge in [-0.05, 0) is 31.2 Å². The van der Waals surface area contributed by atoms with Crippen molar-refractivity contribution in [1.29, 1.82) is 0 Å². The summed E-state index contributed by atoms with van der Waals surface area (Å²) in [5.74, 6) is 0.863. The summed E-state index contributed by atoms with van der Waals surface area (Å²) < 4.78 is 0. The average molecular weight is 244 g/mol. The van der Waals surface area contributed by atoms with E-state index in [1.54, 1.807) is 12.1 Å². The molecule has 3 heteroatoms. The topological polar surface area (TPSA) is 60.7 Å². The summed E-state index contributed by atoms with van der Waals surface area (Å²) in [5.41, 5.74) is 1.63. The molecule has 0 heterocycles. The fourth-order valence-electron chi connectivity index (χ4n) is 2.92. The number of phenols is 3. The highest BCUT2D eigenvalue weighted by atomic mass is 16.3. The number of aromatic hydroxyl groups is 3. The monoisotopic (exact) mass is 244 g/mol. The molecule has 2 aromatic rings. The summed E-state index contributed by atoms with van der Waals surface area (Å²) in [6.07, 6.45) is 2.53. The van der Waals surface area contributed by atoms with Gasteiger partial charge in [0.25, 0.3) is 0 Å². The van der Waals surface area contributed by atoms with E-state index in [-0.39, 0.29) is 17.2 Å². The van der Waals surface area contributed by atoms with Gasteiger partial charge in [0, 0.05) is 16.5 Å². The van der Waals surface area contributed by atoms with Crippen LogP contribution < -0.4 is 0 Å². The number of phenolic OH excluding ortho intramolecular Hbond substituents is 3.